The molecule has 0 fully saturated rings. The van der Waals surface area contributed by atoms with Crippen LogP contribution >= 0.6 is 11.6 Å². The van der Waals surface area contributed by atoms with E-state index in [1.54, 1.807) is 0 Å². The summed E-state index contributed by atoms with van der Waals surface area (Å²) in [5, 5.41) is 12.9. The van der Waals surface area contributed by atoms with E-state index in [0.717, 1.165) is 27.5 Å². The molecule has 0 radical (unpaired) electrons. The Morgan fingerprint density at radius 3 is 2.10 bits per heavy atom. The lowest BCUT2D eigenvalue weighted by molar-refractivity contribution is -0.160. The van der Waals surface area contributed by atoms with E-state index in [2.05, 4.69) is 45.0 Å². The van der Waals surface area contributed by atoms with Crippen molar-refractivity contribution in [3.05, 3.63) is 70.2 Å². The highest BCUT2D eigenvalue weighted by molar-refractivity contribution is 6.30. The molecule has 3 nitrogen and oxygen atoms in total. The van der Waals surface area contributed by atoms with Gasteiger partial charge >= 0.3 is 5.97 Å². The fraction of sp³-hybridized carbons (Fsp3) is 0.370. The molecule has 0 amide bonds. The highest BCUT2D eigenvalue weighted by Crippen LogP contribution is 2.42. The van der Waals surface area contributed by atoms with Gasteiger partial charge in [0.2, 0.25) is 0 Å². The minimum absolute atomic E-state index is 0.0371. The molecule has 0 saturated carbocycles. The van der Waals surface area contributed by atoms with Crippen LogP contribution in [0.15, 0.2) is 48.5 Å². The van der Waals surface area contributed by atoms with Crippen molar-refractivity contribution in [1.82, 2.24) is 0 Å². The third-order valence-electron chi connectivity index (χ3n) is 5.35. The maximum absolute atomic E-state index is 12.4. The highest BCUT2D eigenvalue weighted by Gasteiger charge is 2.31. The van der Waals surface area contributed by atoms with E-state index in [4.69, 9.17) is 16.3 Å². The molecule has 0 saturated heterocycles. The van der Waals surface area contributed by atoms with Crippen LogP contribution in [0.3, 0.4) is 0 Å². The van der Waals surface area contributed by atoms with E-state index >= 15 is 0 Å². The zero-order chi connectivity index (χ0) is 23.1. The van der Waals surface area contributed by atoms with Crippen LogP contribution in [-0.4, -0.2) is 16.7 Å². The number of rotatable bonds is 4. The Balaban J connectivity index is 2.44. The number of aliphatic carboxylic acids is 1. The van der Waals surface area contributed by atoms with Crippen molar-refractivity contribution in [2.45, 2.75) is 65.6 Å². The van der Waals surface area contributed by atoms with Gasteiger partial charge in [0.15, 0.2) is 6.10 Å². The van der Waals surface area contributed by atoms with Crippen molar-refractivity contribution in [3.63, 3.8) is 0 Å². The molecule has 1 unspecified atom stereocenters. The number of benzene rings is 3. The largest absolute Gasteiger partial charge is 0.479 e. The van der Waals surface area contributed by atoms with Crippen molar-refractivity contribution in [1.29, 1.82) is 0 Å². The summed E-state index contributed by atoms with van der Waals surface area (Å²) < 4.78 is 6.07. The van der Waals surface area contributed by atoms with Gasteiger partial charge in [-0.1, -0.05) is 62.7 Å². The maximum atomic E-state index is 12.4. The molecule has 164 valence electrons. The van der Waals surface area contributed by atoms with E-state index in [1.807, 2.05) is 52.0 Å². The third kappa shape index (κ3) is 5.11. The molecule has 1 atom stereocenters. The molecule has 0 spiro atoms. The van der Waals surface area contributed by atoms with Crippen LogP contribution in [0.1, 0.15) is 64.3 Å². The maximum Gasteiger partial charge on any atom is 0.337 e. The first-order valence-corrected chi connectivity index (χ1v) is 10.9. The molecule has 0 aliphatic rings. The summed E-state index contributed by atoms with van der Waals surface area (Å²) in [4.78, 5) is 12.4. The number of ether oxygens (including phenoxy) is 1. The van der Waals surface area contributed by atoms with Crippen molar-refractivity contribution < 1.29 is 14.6 Å². The van der Waals surface area contributed by atoms with Gasteiger partial charge in [-0.25, -0.2) is 4.79 Å². The van der Waals surface area contributed by atoms with Crippen molar-refractivity contribution in [2.75, 3.05) is 0 Å². The SMILES string of the molecule is Cc1cc2ccc(C(C)(C)C)cc2c(-c2ccc(Cl)cc2)c1C(OC(C)(C)C)C(=O)O. The Morgan fingerprint density at radius 1 is 0.968 bits per heavy atom. The Bertz CT molecular complexity index is 1120. The van der Waals surface area contributed by atoms with E-state index in [-0.39, 0.29) is 5.41 Å². The predicted molar refractivity (Wildman–Crippen MR) is 129 cm³/mol. The molecule has 31 heavy (non-hydrogen) atoms. The molecule has 0 heterocycles. The summed E-state index contributed by atoms with van der Waals surface area (Å²) in [5.74, 6) is -1.00. The molecule has 3 aromatic rings. The van der Waals surface area contributed by atoms with Crippen molar-refractivity contribution >= 4 is 28.3 Å². The molecule has 0 bridgehead atoms. The van der Waals surface area contributed by atoms with E-state index in [9.17, 15) is 9.90 Å². The van der Waals surface area contributed by atoms with E-state index < -0.39 is 17.7 Å². The Labute approximate surface area is 190 Å². The van der Waals surface area contributed by atoms with Gasteiger partial charge in [0.25, 0.3) is 0 Å². The smallest absolute Gasteiger partial charge is 0.337 e. The van der Waals surface area contributed by atoms with Crippen LogP contribution in [0.2, 0.25) is 5.02 Å². The van der Waals surface area contributed by atoms with Crippen molar-refractivity contribution in [3.8, 4) is 11.1 Å². The van der Waals surface area contributed by atoms with Gasteiger partial charge in [-0.05, 0) is 84.3 Å². The van der Waals surface area contributed by atoms with Gasteiger partial charge in [-0.2, -0.15) is 0 Å². The third-order valence-corrected chi connectivity index (χ3v) is 5.60. The molecule has 0 aliphatic heterocycles. The number of carbonyl (C=O) groups is 1. The van der Waals surface area contributed by atoms with Crippen LogP contribution in [0.25, 0.3) is 21.9 Å². The van der Waals surface area contributed by atoms with Gasteiger partial charge in [-0.3, -0.25) is 0 Å². The first-order chi connectivity index (χ1) is 14.3. The molecule has 1 N–H and O–H groups in total. The minimum atomic E-state index is -1.09. The molecule has 3 aromatic carbocycles. The molecule has 3 rings (SSSR count). The second kappa shape index (κ2) is 8.29. The Kier molecular flexibility index (Phi) is 6.23. The van der Waals surface area contributed by atoms with Crippen molar-refractivity contribution in [2.24, 2.45) is 0 Å². The summed E-state index contributed by atoms with van der Waals surface area (Å²) in [6.07, 6.45) is -1.09. The quantitative estimate of drug-likeness (QED) is 0.453. The summed E-state index contributed by atoms with van der Waals surface area (Å²) in [6.45, 7) is 14.1. The lowest BCUT2D eigenvalue weighted by atomic mass is 9.82. The molecular formula is C27H31ClO3. The fourth-order valence-corrected chi connectivity index (χ4v) is 4.00. The Morgan fingerprint density at radius 2 is 1.58 bits per heavy atom. The number of hydrogen-bond acceptors (Lipinski definition) is 2. The first kappa shape index (κ1) is 23.3. The first-order valence-electron chi connectivity index (χ1n) is 10.5. The monoisotopic (exact) mass is 438 g/mol. The van der Waals surface area contributed by atoms with E-state index in [1.165, 1.54) is 5.56 Å². The number of carboxylic acid groups (broad SMARTS) is 1. The average molecular weight is 439 g/mol. The summed E-state index contributed by atoms with van der Waals surface area (Å²) in [6, 6.07) is 16.1. The number of carboxylic acids is 1. The number of fused-ring (bicyclic) bond motifs is 1. The van der Waals surface area contributed by atoms with Gasteiger partial charge < -0.3 is 9.84 Å². The lowest BCUT2D eigenvalue weighted by Crippen LogP contribution is -2.28. The number of halogens is 1. The van der Waals surface area contributed by atoms with Crippen LogP contribution in [-0.2, 0) is 14.9 Å². The van der Waals surface area contributed by atoms with Gasteiger partial charge in [0.05, 0.1) is 5.60 Å². The summed E-state index contributed by atoms with van der Waals surface area (Å²) in [5.41, 5.74) is 3.91. The lowest BCUT2D eigenvalue weighted by Gasteiger charge is -2.29. The second-order valence-corrected chi connectivity index (χ2v) is 10.6. The van der Waals surface area contributed by atoms with E-state index in [0.29, 0.717) is 10.6 Å². The highest BCUT2D eigenvalue weighted by atomic mass is 35.5. The fourth-order valence-electron chi connectivity index (χ4n) is 3.87. The predicted octanol–water partition coefficient (Wildman–Crippen LogP) is 7.71. The second-order valence-electron chi connectivity index (χ2n) is 10.1. The van der Waals surface area contributed by atoms with Gasteiger partial charge in [0.1, 0.15) is 0 Å². The molecule has 0 aromatic heterocycles. The molecule has 4 heteroatoms. The van der Waals surface area contributed by atoms with Crippen LogP contribution in [0.4, 0.5) is 0 Å². The summed E-state index contributed by atoms with van der Waals surface area (Å²) >= 11 is 6.15. The standard InChI is InChI=1S/C27H31ClO3/c1-16-14-18-8-11-19(26(2,3)4)15-21(18)23(17-9-12-20(28)13-10-17)22(16)24(25(29)30)31-27(5,6)7/h8-15,24H,1-7H3,(H,29,30). The topological polar surface area (TPSA) is 46.5 Å². The number of aryl methyl sites for hydroxylation is 1. The van der Waals surface area contributed by atoms with Gasteiger partial charge in [-0.15, -0.1) is 0 Å². The number of hydrogen-bond donors (Lipinski definition) is 1. The summed E-state index contributed by atoms with van der Waals surface area (Å²) in [7, 11) is 0. The van der Waals surface area contributed by atoms with Crippen LogP contribution < -0.4 is 0 Å². The molecular weight excluding hydrogens is 408 g/mol. The zero-order valence-electron chi connectivity index (χ0n) is 19.3. The van der Waals surface area contributed by atoms with Crippen LogP contribution in [0, 0.1) is 6.92 Å². The average Bonchev–Trinajstić information content (AvgIpc) is 2.64. The van der Waals surface area contributed by atoms with Gasteiger partial charge in [0, 0.05) is 10.6 Å². The normalized spacial score (nSPS) is 13.4. The minimum Gasteiger partial charge on any atom is -0.479 e. The van der Waals surface area contributed by atoms with Crippen LogP contribution in [0.5, 0.6) is 0 Å². The zero-order valence-corrected chi connectivity index (χ0v) is 20.1. The Hall–Kier alpha value is -2.36. The molecule has 0 aliphatic carbocycles.